The maximum Gasteiger partial charge on any atom is 0.321 e. The van der Waals surface area contributed by atoms with Gasteiger partial charge in [-0.3, -0.25) is 19.6 Å². The molecule has 7 nitrogen and oxygen atoms in total. The van der Waals surface area contributed by atoms with Crippen LogP contribution in [0.4, 0.5) is 0 Å². The fourth-order valence-corrected chi connectivity index (χ4v) is 2.78. The molecule has 0 aliphatic carbocycles. The summed E-state index contributed by atoms with van der Waals surface area (Å²) in [6, 6.07) is 7.95. The topological polar surface area (TPSA) is 104 Å². The van der Waals surface area contributed by atoms with Crippen LogP contribution in [0.15, 0.2) is 42.7 Å². The predicted molar refractivity (Wildman–Crippen MR) is 96.9 cm³/mol. The van der Waals surface area contributed by atoms with E-state index >= 15 is 0 Å². The predicted octanol–water partition coefficient (Wildman–Crippen LogP) is 2.02. The van der Waals surface area contributed by atoms with Crippen LogP contribution >= 0.6 is 0 Å². The van der Waals surface area contributed by atoms with Gasteiger partial charge in [-0.1, -0.05) is 44.2 Å². The SMILES string of the molecule is CC(C)C[C@H](N[C@@H](Cc1cnn(Cc2ccccc2)c1)C(=O)O)C(=O)O. The zero-order valence-electron chi connectivity index (χ0n) is 15.0. The van der Waals surface area contributed by atoms with Crippen molar-refractivity contribution in [2.75, 3.05) is 0 Å². The van der Waals surface area contributed by atoms with E-state index in [2.05, 4.69) is 10.4 Å². The summed E-state index contributed by atoms with van der Waals surface area (Å²) in [4.78, 5) is 22.9. The summed E-state index contributed by atoms with van der Waals surface area (Å²) in [7, 11) is 0. The molecule has 3 N–H and O–H groups in total. The molecule has 0 amide bonds. The van der Waals surface area contributed by atoms with E-state index in [9.17, 15) is 19.8 Å². The van der Waals surface area contributed by atoms with Gasteiger partial charge in [-0.15, -0.1) is 0 Å². The minimum Gasteiger partial charge on any atom is -0.480 e. The summed E-state index contributed by atoms with van der Waals surface area (Å²) in [5, 5.41) is 25.8. The Kier molecular flexibility index (Phi) is 6.91. The van der Waals surface area contributed by atoms with Gasteiger partial charge in [-0.25, -0.2) is 0 Å². The van der Waals surface area contributed by atoms with Gasteiger partial charge < -0.3 is 10.2 Å². The van der Waals surface area contributed by atoms with Crippen LogP contribution in [0.1, 0.15) is 31.4 Å². The van der Waals surface area contributed by atoms with Gasteiger partial charge in [0.05, 0.1) is 12.7 Å². The molecule has 0 saturated heterocycles. The van der Waals surface area contributed by atoms with Crippen LogP contribution in [0.5, 0.6) is 0 Å². The van der Waals surface area contributed by atoms with Crippen LogP contribution in [-0.4, -0.2) is 44.0 Å². The van der Waals surface area contributed by atoms with Crippen molar-refractivity contribution in [1.29, 1.82) is 0 Å². The molecule has 0 aliphatic rings. The molecule has 1 aromatic heterocycles. The third kappa shape index (κ3) is 6.00. The smallest absolute Gasteiger partial charge is 0.321 e. The van der Waals surface area contributed by atoms with Crippen molar-refractivity contribution in [3.8, 4) is 0 Å². The quantitative estimate of drug-likeness (QED) is 0.599. The first-order valence-corrected chi connectivity index (χ1v) is 8.62. The van der Waals surface area contributed by atoms with Crippen molar-refractivity contribution in [3.05, 3.63) is 53.9 Å². The summed E-state index contributed by atoms with van der Waals surface area (Å²) in [5.74, 6) is -1.97. The minimum absolute atomic E-state index is 0.145. The van der Waals surface area contributed by atoms with Crippen molar-refractivity contribution in [3.63, 3.8) is 0 Å². The number of hydrogen-bond acceptors (Lipinski definition) is 4. The zero-order chi connectivity index (χ0) is 19.1. The third-order valence-electron chi connectivity index (χ3n) is 4.02. The van der Waals surface area contributed by atoms with E-state index in [-0.39, 0.29) is 12.3 Å². The Bertz CT molecular complexity index is 727. The van der Waals surface area contributed by atoms with Crippen molar-refractivity contribution in [1.82, 2.24) is 15.1 Å². The van der Waals surface area contributed by atoms with Gasteiger partial charge in [0.25, 0.3) is 0 Å². The molecular formula is C19H25N3O4. The summed E-state index contributed by atoms with van der Waals surface area (Å²) in [6.07, 6.45) is 3.96. The number of carboxylic acid groups (broad SMARTS) is 2. The van der Waals surface area contributed by atoms with Crippen LogP contribution in [-0.2, 0) is 22.6 Å². The Labute approximate surface area is 152 Å². The summed E-state index contributed by atoms with van der Waals surface area (Å²) >= 11 is 0. The lowest BCUT2D eigenvalue weighted by molar-refractivity contribution is -0.142. The highest BCUT2D eigenvalue weighted by molar-refractivity contribution is 5.77. The Morgan fingerprint density at radius 2 is 1.73 bits per heavy atom. The third-order valence-corrected chi connectivity index (χ3v) is 4.02. The first-order valence-electron chi connectivity index (χ1n) is 8.62. The van der Waals surface area contributed by atoms with Gasteiger partial charge in [0.1, 0.15) is 12.1 Å². The molecule has 26 heavy (non-hydrogen) atoms. The molecule has 0 spiro atoms. The molecular weight excluding hydrogens is 334 g/mol. The highest BCUT2D eigenvalue weighted by atomic mass is 16.4. The van der Waals surface area contributed by atoms with Gasteiger partial charge in [0.15, 0.2) is 0 Å². The maximum absolute atomic E-state index is 11.6. The van der Waals surface area contributed by atoms with Gasteiger partial charge in [-0.05, 0) is 23.5 Å². The highest BCUT2D eigenvalue weighted by Crippen LogP contribution is 2.10. The lowest BCUT2D eigenvalue weighted by Crippen LogP contribution is -2.48. The molecule has 0 saturated carbocycles. The van der Waals surface area contributed by atoms with Crippen LogP contribution in [0.3, 0.4) is 0 Å². The number of benzene rings is 1. The van der Waals surface area contributed by atoms with Crippen LogP contribution in [0, 0.1) is 5.92 Å². The fourth-order valence-electron chi connectivity index (χ4n) is 2.78. The molecule has 140 valence electrons. The van der Waals surface area contributed by atoms with E-state index in [1.165, 1.54) is 0 Å². The largest absolute Gasteiger partial charge is 0.480 e. The average molecular weight is 359 g/mol. The minimum atomic E-state index is -1.07. The van der Waals surface area contributed by atoms with Crippen molar-refractivity contribution in [2.24, 2.45) is 5.92 Å². The van der Waals surface area contributed by atoms with Gasteiger partial charge in [0.2, 0.25) is 0 Å². The van der Waals surface area contributed by atoms with E-state index in [4.69, 9.17) is 0 Å². The highest BCUT2D eigenvalue weighted by Gasteiger charge is 2.27. The van der Waals surface area contributed by atoms with Gasteiger partial charge in [0, 0.05) is 12.6 Å². The van der Waals surface area contributed by atoms with Crippen molar-refractivity contribution < 1.29 is 19.8 Å². The molecule has 0 unspecified atom stereocenters. The van der Waals surface area contributed by atoms with E-state index in [1.807, 2.05) is 44.2 Å². The zero-order valence-corrected chi connectivity index (χ0v) is 15.0. The average Bonchev–Trinajstić information content (AvgIpc) is 3.00. The standard InChI is InChI=1S/C19H25N3O4/c1-13(2)8-16(18(23)24)21-17(19(25)26)9-15-10-20-22(12-15)11-14-6-4-3-5-7-14/h3-7,10,12-13,16-17,21H,8-9,11H2,1-2H3,(H,23,24)(H,25,26)/t16-,17-/m0/s1. The molecule has 2 atom stereocenters. The lowest BCUT2D eigenvalue weighted by atomic mass is 10.0. The molecule has 7 heteroatoms. The number of nitrogens with zero attached hydrogens (tertiary/aromatic N) is 2. The second-order valence-electron chi connectivity index (χ2n) is 6.81. The normalized spacial score (nSPS) is 13.5. The Balaban J connectivity index is 2.03. The second kappa shape index (κ2) is 9.15. The number of rotatable bonds is 10. The van der Waals surface area contributed by atoms with Gasteiger partial charge >= 0.3 is 11.9 Å². The van der Waals surface area contributed by atoms with E-state index < -0.39 is 24.0 Å². The summed E-state index contributed by atoms with van der Waals surface area (Å²) < 4.78 is 1.74. The molecule has 0 bridgehead atoms. The Morgan fingerprint density at radius 1 is 1.08 bits per heavy atom. The Hall–Kier alpha value is -2.67. The first kappa shape index (κ1) is 19.7. The second-order valence-corrected chi connectivity index (χ2v) is 6.81. The van der Waals surface area contributed by atoms with Crippen molar-refractivity contribution >= 4 is 11.9 Å². The number of carbonyl (C=O) groups is 2. The number of aliphatic carboxylic acids is 2. The molecule has 0 aliphatic heterocycles. The molecule has 2 rings (SSSR count). The van der Waals surface area contributed by atoms with Gasteiger partial charge in [-0.2, -0.15) is 5.10 Å². The molecule has 1 heterocycles. The summed E-state index contributed by atoms with van der Waals surface area (Å²) in [5.41, 5.74) is 1.84. The summed E-state index contributed by atoms with van der Waals surface area (Å²) in [6.45, 7) is 4.40. The maximum atomic E-state index is 11.6. The monoisotopic (exact) mass is 359 g/mol. The van der Waals surface area contributed by atoms with E-state index in [0.717, 1.165) is 11.1 Å². The van der Waals surface area contributed by atoms with E-state index in [1.54, 1.807) is 17.1 Å². The molecule has 1 aromatic carbocycles. The van der Waals surface area contributed by atoms with Crippen LogP contribution in [0.25, 0.3) is 0 Å². The lowest BCUT2D eigenvalue weighted by Gasteiger charge is -2.21. The number of nitrogens with one attached hydrogen (secondary N) is 1. The number of hydrogen-bond donors (Lipinski definition) is 3. The number of aromatic nitrogens is 2. The Morgan fingerprint density at radius 3 is 2.31 bits per heavy atom. The van der Waals surface area contributed by atoms with Crippen LogP contribution < -0.4 is 5.32 Å². The molecule has 2 aromatic rings. The van der Waals surface area contributed by atoms with Crippen LogP contribution in [0.2, 0.25) is 0 Å². The molecule has 0 radical (unpaired) electrons. The van der Waals surface area contributed by atoms with Crippen molar-refractivity contribution in [2.45, 2.75) is 45.3 Å². The van der Waals surface area contributed by atoms with E-state index in [0.29, 0.717) is 13.0 Å². The fraction of sp³-hybridized carbons (Fsp3) is 0.421. The number of carboxylic acids is 2. The first-order chi connectivity index (χ1) is 12.3. The molecule has 0 fully saturated rings.